The van der Waals surface area contributed by atoms with Gasteiger partial charge in [0, 0.05) is 47.8 Å². The highest BCUT2D eigenvalue weighted by Crippen LogP contribution is 2.27. The number of hydrogen-bond acceptors (Lipinski definition) is 4. The van der Waals surface area contributed by atoms with Crippen LogP contribution in [-0.4, -0.2) is 55.7 Å². The van der Waals surface area contributed by atoms with Crippen LogP contribution in [-0.2, 0) is 11.2 Å². The minimum Gasteiger partial charge on any atom is -0.367 e. The van der Waals surface area contributed by atoms with Crippen LogP contribution in [0.15, 0.2) is 71.8 Å². The fraction of sp³-hybridized carbons (Fsp3) is 0.333. The van der Waals surface area contributed by atoms with Gasteiger partial charge in [0.2, 0.25) is 0 Å². The summed E-state index contributed by atoms with van der Waals surface area (Å²) in [6, 6.07) is 18.5. The average molecular weight is 603 g/mol. The predicted octanol–water partition coefficient (Wildman–Crippen LogP) is 6.48. The zero-order valence-corrected chi connectivity index (χ0v) is 22.0. The van der Waals surface area contributed by atoms with E-state index in [1.165, 1.54) is 29.8 Å². The second-order valence-electron chi connectivity index (χ2n) is 8.76. The average Bonchev–Trinajstić information content (AvgIpc) is 2.89. The SMILES string of the molecule is [N-]=[N+]=Nc1ccc(CCN2CCN(CCOC(c3ccc(F)cc3)c3ccc(F)cc3)CC2)cc1I. The molecular formula is C27H28F2IN5O. The van der Waals surface area contributed by atoms with Crippen LogP contribution in [0.2, 0.25) is 0 Å². The number of nitrogens with zero attached hydrogens (tertiary/aromatic N) is 5. The number of ether oxygens (including phenoxy) is 1. The molecule has 0 aromatic heterocycles. The Kier molecular flexibility index (Phi) is 9.66. The minimum absolute atomic E-state index is 0.297. The van der Waals surface area contributed by atoms with E-state index >= 15 is 0 Å². The first kappa shape index (κ1) is 26.5. The summed E-state index contributed by atoms with van der Waals surface area (Å²) < 4.78 is 34.1. The number of rotatable bonds is 10. The third-order valence-electron chi connectivity index (χ3n) is 6.38. The summed E-state index contributed by atoms with van der Waals surface area (Å²) in [4.78, 5) is 7.71. The molecule has 0 N–H and O–H groups in total. The van der Waals surface area contributed by atoms with Crippen LogP contribution >= 0.6 is 22.6 Å². The first-order valence-corrected chi connectivity index (χ1v) is 13.0. The molecule has 6 nitrogen and oxygen atoms in total. The highest BCUT2D eigenvalue weighted by Gasteiger charge is 2.19. The van der Waals surface area contributed by atoms with Gasteiger partial charge in [-0.1, -0.05) is 41.5 Å². The van der Waals surface area contributed by atoms with Crippen molar-refractivity contribution in [1.29, 1.82) is 0 Å². The van der Waals surface area contributed by atoms with Crippen molar-refractivity contribution in [3.63, 3.8) is 0 Å². The molecule has 1 aliphatic heterocycles. The van der Waals surface area contributed by atoms with E-state index in [0.29, 0.717) is 12.3 Å². The van der Waals surface area contributed by atoms with E-state index in [-0.39, 0.29) is 17.7 Å². The molecule has 1 heterocycles. The van der Waals surface area contributed by atoms with Gasteiger partial charge in [0.15, 0.2) is 0 Å². The first-order chi connectivity index (χ1) is 17.5. The van der Waals surface area contributed by atoms with Crippen molar-refractivity contribution in [2.75, 3.05) is 45.9 Å². The van der Waals surface area contributed by atoms with Gasteiger partial charge in [-0.25, -0.2) is 8.78 Å². The second kappa shape index (κ2) is 13.1. The highest BCUT2D eigenvalue weighted by atomic mass is 127. The molecule has 1 fully saturated rings. The Bertz CT molecular complexity index is 1130. The summed E-state index contributed by atoms with van der Waals surface area (Å²) in [6.07, 6.45) is 0.577. The monoisotopic (exact) mass is 603 g/mol. The van der Waals surface area contributed by atoms with Crippen molar-refractivity contribution in [3.05, 3.63) is 109 Å². The van der Waals surface area contributed by atoms with Gasteiger partial charge >= 0.3 is 0 Å². The van der Waals surface area contributed by atoms with Gasteiger partial charge in [-0.15, -0.1) is 0 Å². The molecule has 0 saturated carbocycles. The maximum Gasteiger partial charge on any atom is 0.123 e. The molecule has 4 rings (SSSR count). The third kappa shape index (κ3) is 7.47. The molecule has 36 heavy (non-hydrogen) atoms. The van der Waals surface area contributed by atoms with Gasteiger partial charge in [-0.3, -0.25) is 4.90 Å². The van der Waals surface area contributed by atoms with Crippen molar-refractivity contribution in [2.45, 2.75) is 12.5 Å². The molecule has 0 atom stereocenters. The lowest BCUT2D eigenvalue weighted by Gasteiger charge is -2.35. The van der Waals surface area contributed by atoms with Crippen LogP contribution in [0.5, 0.6) is 0 Å². The minimum atomic E-state index is -0.375. The van der Waals surface area contributed by atoms with Crippen LogP contribution in [0.3, 0.4) is 0 Å². The Balaban J connectivity index is 1.24. The number of piperazine rings is 1. The topological polar surface area (TPSA) is 64.5 Å². The second-order valence-corrected chi connectivity index (χ2v) is 9.92. The zero-order valence-electron chi connectivity index (χ0n) is 19.9. The Morgan fingerprint density at radius 1 is 0.861 bits per heavy atom. The van der Waals surface area contributed by atoms with E-state index in [4.69, 9.17) is 10.3 Å². The molecule has 1 aliphatic rings. The Hall–Kier alpha value is -2.56. The zero-order chi connectivity index (χ0) is 25.3. The van der Waals surface area contributed by atoms with Crippen LogP contribution in [0.25, 0.3) is 10.4 Å². The van der Waals surface area contributed by atoms with Crippen molar-refractivity contribution < 1.29 is 13.5 Å². The quantitative estimate of drug-likeness (QED) is 0.115. The summed E-state index contributed by atoms with van der Waals surface area (Å²) >= 11 is 2.20. The molecule has 0 unspecified atom stereocenters. The van der Waals surface area contributed by atoms with E-state index < -0.39 is 0 Å². The van der Waals surface area contributed by atoms with E-state index in [0.717, 1.165) is 60.4 Å². The Labute approximate surface area is 223 Å². The van der Waals surface area contributed by atoms with Crippen LogP contribution in [0.4, 0.5) is 14.5 Å². The molecule has 0 aliphatic carbocycles. The van der Waals surface area contributed by atoms with Crippen LogP contribution in [0.1, 0.15) is 22.8 Å². The maximum absolute atomic E-state index is 13.4. The molecule has 3 aromatic rings. The predicted molar refractivity (Wildman–Crippen MR) is 145 cm³/mol. The lowest BCUT2D eigenvalue weighted by molar-refractivity contribution is 0.0454. The summed E-state index contributed by atoms with van der Waals surface area (Å²) in [5.41, 5.74) is 12.2. The maximum atomic E-state index is 13.4. The number of azide groups is 1. The fourth-order valence-electron chi connectivity index (χ4n) is 4.32. The van der Waals surface area contributed by atoms with Crippen molar-refractivity contribution >= 4 is 28.3 Å². The third-order valence-corrected chi connectivity index (χ3v) is 7.25. The van der Waals surface area contributed by atoms with Crippen molar-refractivity contribution in [3.8, 4) is 0 Å². The Morgan fingerprint density at radius 2 is 1.42 bits per heavy atom. The Morgan fingerprint density at radius 3 is 1.94 bits per heavy atom. The number of benzene rings is 3. The van der Waals surface area contributed by atoms with E-state index in [9.17, 15) is 8.78 Å². The van der Waals surface area contributed by atoms with Gasteiger partial charge < -0.3 is 9.64 Å². The molecule has 0 amide bonds. The fourth-order valence-corrected chi connectivity index (χ4v) is 5.01. The standard InChI is InChI=1S/C27H28F2IN5O/c28-23-6-2-21(3-7-23)27(22-4-8-24(29)9-5-22)36-18-17-35-15-13-34(14-16-35)12-11-20-1-10-26(32-33-31)25(30)19-20/h1-10,19,27H,11-18H2. The number of hydrogen-bond donors (Lipinski definition) is 0. The lowest BCUT2D eigenvalue weighted by Crippen LogP contribution is -2.47. The van der Waals surface area contributed by atoms with Gasteiger partial charge in [0.1, 0.15) is 17.7 Å². The molecule has 1 saturated heterocycles. The largest absolute Gasteiger partial charge is 0.367 e. The normalized spacial score (nSPS) is 14.7. The summed E-state index contributed by atoms with van der Waals surface area (Å²) in [5, 5.41) is 3.70. The summed E-state index contributed by atoms with van der Waals surface area (Å²) in [7, 11) is 0. The van der Waals surface area contributed by atoms with Gasteiger partial charge in [-0.2, -0.15) is 0 Å². The van der Waals surface area contributed by atoms with E-state index in [1.54, 1.807) is 24.3 Å². The summed E-state index contributed by atoms with van der Waals surface area (Å²) in [6.45, 7) is 6.23. The molecule has 0 radical (unpaired) electrons. The van der Waals surface area contributed by atoms with E-state index in [2.05, 4.69) is 48.5 Å². The number of halogens is 3. The molecule has 0 bridgehead atoms. The molecule has 0 spiro atoms. The van der Waals surface area contributed by atoms with Gasteiger partial charge in [0.25, 0.3) is 0 Å². The van der Waals surface area contributed by atoms with E-state index in [1.807, 2.05) is 12.1 Å². The van der Waals surface area contributed by atoms with Gasteiger partial charge in [-0.05, 0) is 81.6 Å². The molecule has 9 heteroatoms. The van der Waals surface area contributed by atoms with Crippen LogP contribution < -0.4 is 0 Å². The molecule has 3 aromatic carbocycles. The van der Waals surface area contributed by atoms with Crippen molar-refractivity contribution in [2.24, 2.45) is 5.11 Å². The molecule has 188 valence electrons. The molecular weight excluding hydrogens is 575 g/mol. The summed E-state index contributed by atoms with van der Waals surface area (Å²) in [5.74, 6) is -0.594. The highest BCUT2D eigenvalue weighted by molar-refractivity contribution is 14.1. The first-order valence-electron chi connectivity index (χ1n) is 11.9. The van der Waals surface area contributed by atoms with Crippen LogP contribution in [0, 0.1) is 15.2 Å². The van der Waals surface area contributed by atoms with Crippen molar-refractivity contribution in [1.82, 2.24) is 9.80 Å². The smallest absolute Gasteiger partial charge is 0.123 e. The lowest BCUT2D eigenvalue weighted by atomic mass is 10.0. The van der Waals surface area contributed by atoms with Gasteiger partial charge in [0.05, 0.1) is 12.3 Å².